The second-order valence-electron chi connectivity index (χ2n) is 2.24. The third-order valence-corrected chi connectivity index (χ3v) is 1.06. The fourth-order valence-corrected chi connectivity index (χ4v) is 0.727. The van der Waals surface area contributed by atoms with Crippen molar-refractivity contribution in [3.05, 3.63) is 18.7 Å². The molecule has 0 radical (unpaired) electrons. The van der Waals surface area contributed by atoms with Gasteiger partial charge in [-0.2, -0.15) is 0 Å². The molecule has 0 saturated carbocycles. The molecule has 58 valence electrons. The standard InChI is InChI=1S/C6H11N3.BrH/c1-6(7)4-9-3-2-8-5-9;/h2-3,5-6H,4,7H2,1H3;1H. The molecule has 1 heterocycles. The summed E-state index contributed by atoms with van der Waals surface area (Å²) in [5.74, 6) is 0. The molecule has 0 fully saturated rings. The highest BCUT2D eigenvalue weighted by molar-refractivity contribution is 8.93. The molecule has 1 aromatic heterocycles. The summed E-state index contributed by atoms with van der Waals surface area (Å²) in [6, 6.07) is 0.208. The van der Waals surface area contributed by atoms with Crippen molar-refractivity contribution in [1.29, 1.82) is 0 Å². The van der Waals surface area contributed by atoms with Crippen LogP contribution in [0.3, 0.4) is 0 Å². The van der Waals surface area contributed by atoms with Crippen molar-refractivity contribution in [2.45, 2.75) is 19.5 Å². The van der Waals surface area contributed by atoms with Gasteiger partial charge in [-0.15, -0.1) is 17.0 Å². The first kappa shape index (κ1) is 9.65. The zero-order valence-electron chi connectivity index (χ0n) is 5.90. The van der Waals surface area contributed by atoms with E-state index in [-0.39, 0.29) is 23.0 Å². The first-order valence-corrected chi connectivity index (χ1v) is 3.00. The van der Waals surface area contributed by atoms with Crippen LogP contribution in [0.1, 0.15) is 6.92 Å². The van der Waals surface area contributed by atoms with Crippen LogP contribution in [0.15, 0.2) is 18.7 Å². The molecule has 1 atom stereocenters. The Morgan fingerprint density at radius 3 is 2.80 bits per heavy atom. The normalized spacial score (nSPS) is 12.2. The lowest BCUT2D eigenvalue weighted by Gasteiger charge is -2.03. The Bertz CT molecular complexity index is 160. The Morgan fingerprint density at radius 1 is 1.70 bits per heavy atom. The van der Waals surface area contributed by atoms with Gasteiger partial charge in [0.1, 0.15) is 0 Å². The maximum absolute atomic E-state index is 5.54. The van der Waals surface area contributed by atoms with Crippen molar-refractivity contribution < 1.29 is 0 Å². The van der Waals surface area contributed by atoms with Crippen LogP contribution >= 0.6 is 17.0 Å². The molecule has 0 amide bonds. The molecule has 3 nitrogen and oxygen atoms in total. The predicted octanol–water partition coefficient (Wildman–Crippen LogP) is 0.808. The molecule has 2 N–H and O–H groups in total. The van der Waals surface area contributed by atoms with Crippen LogP contribution < -0.4 is 5.73 Å². The molecule has 10 heavy (non-hydrogen) atoms. The molecular formula is C6H12BrN3. The predicted molar refractivity (Wildman–Crippen MR) is 46.2 cm³/mol. The van der Waals surface area contributed by atoms with E-state index in [1.54, 1.807) is 12.5 Å². The van der Waals surface area contributed by atoms with Crippen molar-refractivity contribution in [1.82, 2.24) is 9.55 Å². The minimum atomic E-state index is 0. The molecule has 1 aromatic rings. The molecule has 1 unspecified atom stereocenters. The van der Waals surface area contributed by atoms with E-state index in [9.17, 15) is 0 Å². The van der Waals surface area contributed by atoms with E-state index in [0.717, 1.165) is 6.54 Å². The summed E-state index contributed by atoms with van der Waals surface area (Å²) < 4.78 is 1.96. The van der Waals surface area contributed by atoms with Crippen LogP contribution in [0.5, 0.6) is 0 Å². The third kappa shape index (κ3) is 2.98. The summed E-state index contributed by atoms with van der Waals surface area (Å²) >= 11 is 0. The fourth-order valence-electron chi connectivity index (χ4n) is 0.727. The maximum Gasteiger partial charge on any atom is 0.0946 e. The van der Waals surface area contributed by atoms with Crippen molar-refractivity contribution in [2.24, 2.45) is 5.73 Å². The lowest BCUT2D eigenvalue weighted by molar-refractivity contribution is 0.589. The molecule has 0 aliphatic rings. The molecule has 0 spiro atoms. The molecular weight excluding hydrogens is 194 g/mol. The zero-order valence-corrected chi connectivity index (χ0v) is 7.61. The highest BCUT2D eigenvalue weighted by atomic mass is 79.9. The minimum Gasteiger partial charge on any atom is -0.336 e. The van der Waals surface area contributed by atoms with Crippen LogP contribution in [0.25, 0.3) is 0 Å². The lowest BCUT2D eigenvalue weighted by atomic mass is 10.4. The van der Waals surface area contributed by atoms with E-state index in [1.807, 2.05) is 17.7 Å². The lowest BCUT2D eigenvalue weighted by Crippen LogP contribution is -2.21. The van der Waals surface area contributed by atoms with Gasteiger partial charge >= 0.3 is 0 Å². The van der Waals surface area contributed by atoms with E-state index in [4.69, 9.17) is 5.73 Å². The molecule has 0 aromatic carbocycles. The Hall–Kier alpha value is -0.350. The van der Waals surface area contributed by atoms with Gasteiger partial charge in [-0.1, -0.05) is 0 Å². The molecule has 0 saturated heterocycles. The van der Waals surface area contributed by atoms with Gasteiger partial charge in [-0.3, -0.25) is 0 Å². The summed E-state index contributed by atoms with van der Waals surface area (Å²) in [6.45, 7) is 2.82. The van der Waals surface area contributed by atoms with Crippen LogP contribution in [0, 0.1) is 0 Å². The number of nitrogens with zero attached hydrogens (tertiary/aromatic N) is 2. The van der Waals surface area contributed by atoms with E-state index in [1.165, 1.54) is 0 Å². The molecule has 4 heteroatoms. The maximum atomic E-state index is 5.54. The Morgan fingerprint density at radius 2 is 2.40 bits per heavy atom. The SMILES string of the molecule is Br.CC(N)Cn1ccnc1. The Balaban J connectivity index is 0.000000810. The van der Waals surface area contributed by atoms with E-state index < -0.39 is 0 Å². The van der Waals surface area contributed by atoms with E-state index in [0.29, 0.717) is 0 Å². The number of nitrogens with two attached hydrogens (primary N) is 1. The first-order valence-electron chi connectivity index (χ1n) is 3.00. The summed E-state index contributed by atoms with van der Waals surface area (Å²) in [5.41, 5.74) is 5.54. The molecule has 1 rings (SSSR count). The van der Waals surface area contributed by atoms with Crippen LogP contribution in [-0.2, 0) is 6.54 Å². The van der Waals surface area contributed by atoms with Crippen molar-refractivity contribution in [3.8, 4) is 0 Å². The monoisotopic (exact) mass is 205 g/mol. The number of hydrogen-bond acceptors (Lipinski definition) is 2. The van der Waals surface area contributed by atoms with Crippen LogP contribution in [0.4, 0.5) is 0 Å². The van der Waals surface area contributed by atoms with Crippen molar-refractivity contribution in [3.63, 3.8) is 0 Å². The smallest absolute Gasteiger partial charge is 0.0946 e. The number of imidazole rings is 1. The third-order valence-electron chi connectivity index (χ3n) is 1.06. The second kappa shape index (κ2) is 4.46. The number of rotatable bonds is 2. The summed E-state index contributed by atoms with van der Waals surface area (Å²) in [6.07, 6.45) is 5.43. The largest absolute Gasteiger partial charge is 0.336 e. The van der Waals surface area contributed by atoms with Gasteiger partial charge in [-0.05, 0) is 6.92 Å². The van der Waals surface area contributed by atoms with Crippen LogP contribution in [0.2, 0.25) is 0 Å². The van der Waals surface area contributed by atoms with E-state index >= 15 is 0 Å². The topological polar surface area (TPSA) is 43.8 Å². The van der Waals surface area contributed by atoms with Gasteiger partial charge in [0.2, 0.25) is 0 Å². The Kier molecular flexibility index (Phi) is 4.31. The number of hydrogen-bond donors (Lipinski definition) is 1. The van der Waals surface area contributed by atoms with Gasteiger partial charge in [0.05, 0.1) is 6.33 Å². The van der Waals surface area contributed by atoms with Crippen molar-refractivity contribution >= 4 is 17.0 Å². The number of halogens is 1. The second-order valence-corrected chi connectivity index (χ2v) is 2.24. The van der Waals surface area contributed by atoms with Gasteiger partial charge in [0.15, 0.2) is 0 Å². The number of aromatic nitrogens is 2. The van der Waals surface area contributed by atoms with Crippen LogP contribution in [-0.4, -0.2) is 15.6 Å². The van der Waals surface area contributed by atoms with Gasteiger partial charge in [0.25, 0.3) is 0 Å². The summed E-state index contributed by atoms with van der Waals surface area (Å²) in [5, 5.41) is 0. The fraction of sp³-hybridized carbons (Fsp3) is 0.500. The first-order chi connectivity index (χ1) is 4.29. The van der Waals surface area contributed by atoms with Gasteiger partial charge in [0, 0.05) is 25.0 Å². The summed E-state index contributed by atoms with van der Waals surface area (Å²) in [7, 11) is 0. The highest BCUT2D eigenvalue weighted by Gasteiger charge is 1.92. The average Bonchev–Trinajstić information content (AvgIpc) is 2.15. The molecule has 0 bridgehead atoms. The average molecular weight is 206 g/mol. The van der Waals surface area contributed by atoms with Gasteiger partial charge < -0.3 is 10.3 Å². The zero-order chi connectivity index (χ0) is 6.69. The molecule has 0 aliphatic carbocycles. The summed E-state index contributed by atoms with van der Waals surface area (Å²) in [4.78, 5) is 3.88. The van der Waals surface area contributed by atoms with E-state index in [2.05, 4.69) is 4.98 Å². The minimum absolute atomic E-state index is 0. The Labute approximate surface area is 71.0 Å². The quantitative estimate of drug-likeness (QED) is 0.777. The van der Waals surface area contributed by atoms with Gasteiger partial charge in [-0.25, -0.2) is 4.98 Å². The van der Waals surface area contributed by atoms with Crippen molar-refractivity contribution in [2.75, 3.05) is 0 Å². The highest BCUT2D eigenvalue weighted by Crippen LogP contribution is 1.87. The molecule has 0 aliphatic heterocycles.